The van der Waals surface area contributed by atoms with Crippen molar-refractivity contribution in [2.45, 2.75) is 25.3 Å². The molecular weight excluding hydrogens is 307 g/mol. The van der Waals surface area contributed by atoms with Crippen molar-refractivity contribution in [2.24, 2.45) is 0 Å². The van der Waals surface area contributed by atoms with Crippen molar-refractivity contribution in [1.82, 2.24) is 9.55 Å². The van der Waals surface area contributed by atoms with Gasteiger partial charge in [0.15, 0.2) is 0 Å². The van der Waals surface area contributed by atoms with E-state index in [9.17, 15) is 4.39 Å². The van der Waals surface area contributed by atoms with Gasteiger partial charge in [0.25, 0.3) is 0 Å². The molecule has 1 aliphatic rings. The van der Waals surface area contributed by atoms with Crippen LogP contribution in [0.15, 0.2) is 16.6 Å². The number of benzene rings is 1. The number of alkyl halides is 1. The molecule has 90 valence electrons. The fraction of sp³-hybridized carbons (Fsp3) is 0.417. The summed E-state index contributed by atoms with van der Waals surface area (Å²) in [5.74, 6) is 1.24. The summed E-state index contributed by atoms with van der Waals surface area (Å²) in [4.78, 5) is 4.48. The zero-order chi connectivity index (χ0) is 12.0. The van der Waals surface area contributed by atoms with E-state index >= 15 is 0 Å². The topological polar surface area (TPSA) is 17.8 Å². The summed E-state index contributed by atoms with van der Waals surface area (Å²) in [7, 11) is 0. The van der Waals surface area contributed by atoms with Crippen molar-refractivity contribution < 1.29 is 4.39 Å². The Kier molecular flexibility index (Phi) is 2.87. The van der Waals surface area contributed by atoms with Crippen LogP contribution in [0.1, 0.15) is 24.7 Å². The molecule has 3 rings (SSSR count). The molecule has 5 heteroatoms. The molecule has 2 aromatic rings. The van der Waals surface area contributed by atoms with Crippen LogP contribution in [-0.2, 0) is 6.42 Å². The predicted molar refractivity (Wildman–Crippen MR) is 70.1 cm³/mol. The SMILES string of the molecule is Fc1cc2nc(CCCl)n(C3CC3)c2cc1Br. The lowest BCUT2D eigenvalue weighted by atomic mass is 10.3. The van der Waals surface area contributed by atoms with E-state index < -0.39 is 0 Å². The molecule has 0 radical (unpaired) electrons. The van der Waals surface area contributed by atoms with Crippen LogP contribution in [0.25, 0.3) is 11.0 Å². The van der Waals surface area contributed by atoms with E-state index in [0.717, 1.165) is 23.3 Å². The highest BCUT2D eigenvalue weighted by atomic mass is 79.9. The van der Waals surface area contributed by atoms with Gasteiger partial charge in [-0.2, -0.15) is 0 Å². The minimum atomic E-state index is -0.268. The number of halogens is 3. The lowest BCUT2D eigenvalue weighted by molar-refractivity contribution is 0.622. The van der Waals surface area contributed by atoms with Crippen LogP contribution in [0.5, 0.6) is 0 Å². The van der Waals surface area contributed by atoms with Gasteiger partial charge in [0.05, 0.1) is 15.5 Å². The van der Waals surface area contributed by atoms with Gasteiger partial charge in [-0.25, -0.2) is 9.37 Å². The minimum absolute atomic E-state index is 0.268. The molecule has 1 heterocycles. The standard InChI is InChI=1S/C12H11BrClFN2/c13-8-5-11-10(6-9(8)15)16-12(3-4-14)17(11)7-1-2-7/h5-7H,1-4H2. The van der Waals surface area contributed by atoms with E-state index in [-0.39, 0.29) is 5.82 Å². The fourth-order valence-electron chi connectivity index (χ4n) is 2.14. The average molecular weight is 318 g/mol. The van der Waals surface area contributed by atoms with E-state index in [2.05, 4.69) is 25.5 Å². The van der Waals surface area contributed by atoms with Crippen molar-refractivity contribution in [1.29, 1.82) is 0 Å². The van der Waals surface area contributed by atoms with Crippen LogP contribution in [0.2, 0.25) is 0 Å². The van der Waals surface area contributed by atoms with E-state index in [1.54, 1.807) is 0 Å². The maximum atomic E-state index is 13.5. The number of rotatable bonds is 3. The zero-order valence-corrected chi connectivity index (χ0v) is 11.4. The van der Waals surface area contributed by atoms with Gasteiger partial charge in [-0.1, -0.05) is 0 Å². The van der Waals surface area contributed by atoms with E-state index in [1.807, 2.05) is 6.07 Å². The summed E-state index contributed by atoms with van der Waals surface area (Å²) in [6.07, 6.45) is 3.08. The van der Waals surface area contributed by atoms with Crippen LogP contribution < -0.4 is 0 Å². The molecule has 0 spiro atoms. The normalized spacial score (nSPS) is 15.7. The highest BCUT2D eigenvalue weighted by Gasteiger charge is 2.28. The molecule has 0 unspecified atom stereocenters. The third kappa shape index (κ3) is 1.97. The molecule has 0 bridgehead atoms. The second-order valence-electron chi connectivity index (χ2n) is 4.32. The zero-order valence-electron chi connectivity index (χ0n) is 9.09. The molecule has 0 aliphatic heterocycles. The number of hydrogen-bond donors (Lipinski definition) is 0. The molecule has 1 aromatic heterocycles. The van der Waals surface area contributed by atoms with Gasteiger partial charge in [-0.15, -0.1) is 11.6 Å². The van der Waals surface area contributed by atoms with Crippen molar-refractivity contribution in [3.05, 3.63) is 28.2 Å². The first-order valence-corrected chi connectivity index (χ1v) is 6.95. The largest absolute Gasteiger partial charge is 0.325 e. The van der Waals surface area contributed by atoms with Gasteiger partial charge in [0, 0.05) is 24.4 Å². The van der Waals surface area contributed by atoms with Crippen LogP contribution in [-0.4, -0.2) is 15.4 Å². The van der Waals surface area contributed by atoms with Gasteiger partial charge < -0.3 is 4.57 Å². The summed E-state index contributed by atoms with van der Waals surface area (Å²) in [6, 6.07) is 3.82. The number of aryl methyl sites for hydroxylation is 1. The first-order valence-electron chi connectivity index (χ1n) is 5.62. The van der Waals surface area contributed by atoms with E-state index in [1.165, 1.54) is 18.9 Å². The second-order valence-corrected chi connectivity index (χ2v) is 5.56. The molecule has 0 amide bonds. The lowest BCUT2D eigenvalue weighted by Gasteiger charge is -2.06. The third-order valence-electron chi connectivity index (χ3n) is 3.03. The summed E-state index contributed by atoms with van der Waals surface area (Å²) in [5.41, 5.74) is 1.72. The molecule has 0 atom stereocenters. The fourth-order valence-corrected chi connectivity index (χ4v) is 2.64. The van der Waals surface area contributed by atoms with Crippen LogP contribution in [0, 0.1) is 5.82 Å². The monoisotopic (exact) mass is 316 g/mol. The Hall–Kier alpha value is -0.610. The van der Waals surface area contributed by atoms with Gasteiger partial charge in [-0.05, 0) is 34.8 Å². The van der Waals surface area contributed by atoms with Crippen LogP contribution in [0.3, 0.4) is 0 Å². The van der Waals surface area contributed by atoms with E-state index in [4.69, 9.17) is 11.6 Å². The first-order chi connectivity index (χ1) is 8.20. The molecular formula is C12H11BrClFN2. The quantitative estimate of drug-likeness (QED) is 0.781. The number of nitrogens with zero attached hydrogens (tertiary/aromatic N) is 2. The molecule has 0 saturated heterocycles. The summed E-state index contributed by atoms with van der Waals surface area (Å²) >= 11 is 9.01. The maximum Gasteiger partial charge on any atom is 0.139 e. The number of fused-ring (bicyclic) bond motifs is 1. The van der Waals surface area contributed by atoms with Gasteiger partial charge in [0.1, 0.15) is 11.6 Å². The van der Waals surface area contributed by atoms with Crippen molar-refractivity contribution >= 4 is 38.6 Å². The molecule has 2 nitrogen and oxygen atoms in total. The summed E-state index contributed by atoms with van der Waals surface area (Å²) < 4.78 is 16.2. The van der Waals surface area contributed by atoms with Crippen molar-refractivity contribution in [3.63, 3.8) is 0 Å². The van der Waals surface area contributed by atoms with Gasteiger partial charge in [0.2, 0.25) is 0 Å². The molecule has 0 N–H and O–H groups in total. The Morgan fingerprint density at radius 2 is 2.24 bits per heavy atom. The van der Waals surface area contributed by atoms with Crippen LogP contribution in [0.4, 0.5) is 4.39 Å². The number of hydrogen-bond acceptors (Lipinski definition) is 1. The Bertz CT molecular complexity index is 577. The smallest absolute Gasteiger partial charge is 0.139 e. The minimum Gasteiger partial charge on any atom is -0.325 e. The van der Waals surface area contributed by atoms with Gasteiger partial charge >= 0.3 is 0 Å². The molecule has 1 aromatic carbocycles. The Morgan fingerprint density at radius 1 is 1.47 bits per heavy atom. The highest BCUT2D eigenvalue weighted by molar-refractivity contribution is 9.10. The Labute approximate surface area is 112 Å². The van der Waals surface area contributed by atoms with Crippen molar-refractivity contribution in [2.75, 3.05) is 5.88 Å². The van der Waals surface area contributed by atoms with Gasteiger partial charge in [-0.3, -0.25) is 0 Å². The molecule has 1 fully saturated rings. The lowest BCUT2D eigenvalue weighted by Crippen LogP contribution is -2.02. The summed E-state index contributed by atoms with van der Waals surface area (Å²) in [5, 5.41) is 0. The Morgan fingerprint density at radius 3 is 2.88 bits per heavy atom. The first kappa shape index (κ1) is 11.5. The molecule has 1 aliphatic carbocycles. The van der Waals surface area contributed by atoms with E-state index in [0.29, 0.717) is 16.4 Å². The number of aromatic nitrogens is 2. The second kappa shape index (κ2) is 4.25. The Balaban J connectivity index is 2.23. The third-order valence-corrected chi connectivity index (χ3v) is 3.83. The molecule has 1 saturated carbocycles. The summed E-state index contributed by atoms with van der Waals surface area (Å²) in [6.45, 7) is 0. The average Bonchev–Trinajstić information content (AvgIpc) is 3.05. The highest BCUT2D eigenvalue weighted by Crippen LogP contribution is 2.39. The van der Waals surface area contributed by atoms with Crippen LogP contribution >= 0.6 is 27.5 Å². The number of imidazole rings is 1. The molecule has 17 heavy (non-hydrogen) atoms. The van der Waals surface area contributed by atoms with Crippen molar-refractivity contribution in [3.8, 4) is 0 Å². The predicted octanol–water partition coefficient (Wildman–Crippen LogP) is 4.05. The maximum absolute atomic E-state index is 13.5.